The number of hydrogen-bond acceptors (Lipinski definition) is 6. The van der Waals surface area contributed by atoms with Gasteiger partial charge in [-0.15, -0.1) is 0 Å². The summed E-state index contributed by atoms with van der Waals surface area (Å²) >= 11 is 1.13. The fraction of sp³-hybridized carbons (Fsp3) is 0.125. The van der Waals surface area contributed by atoms with Crippen LogP contribution in [0.5, 0.6) is 11.5 Å². The summed E-state index contributed by atoms with van der Waals surface area (Å²) in [4.78, 5) is 30.7. The summed E-state index contributed by atoms with van der Waals surface area (Å²) in [6.45, 7) is 3.92. The molecule has 0 aliphatic carbocycles. The number of aromatic hydroxyl groups is 2. The Balaban J connectivity index is 1.79. The van der Waals surface area contributed by atoms with E-state index in [1.165, 1.54) is 16.7 Å². The van der Waals surface area contributed by atoms with Gasteiger partial charge in [0.15, 0.2) is 10.9 Å². The van der Waals surface area contributed by atoms with Gasteiger partial charge in [-0.05, 0) is 61.4 Å². The van der Waals surface area contributed by atoms with Crippen LogP contribution in [0.2, 0.25) is 0 Å². The molecule has 2 N–H and O–H groups in total. The van der Waals surface area contributed by atoms with E-state index in [4.69, 9.17) is 0 Å². The zero-order valence-corrected chi connectivity index (χ0v) is 17.8. The molecule has 0 radical (unpaired) electrons. The van der Waals surface area contributed by atoms with E-state index < -0.39 is 0 Å². The topological polar surface area (TPSA) is 92.4 Å². The number of Topliss-reactive ketones (excluding diaryl/α,β-unsaturated/α-hetero) is 1. The summed E-state index contributed by atoms with van der Waals surface area (Å²) < 4.78 is 1.52. The molecule has 4 rings (SSSR count). The Morgan fingerprint density at radius 2 is 1.71 bits per heavy atom. The first-order valence-corrected chi connectivity index (χ1v) is 10.6. The fourth-order valence-electron chi connectivity index (χ4n) is 3.48. The summed E-state index contributed by atoms with van der Waals surface area (Å²) in [5, 5.41) is 20.3. The quantitative estimate of drug-likeness (QED) is 0.276. The van der Waals surface area contributed by atoms with E-state index in [1.54, 1.807) is 18.2 Å². The number of aromatic nitrogens is 2. The number of benzene rings is 3. The number of phenolic OH excluding ortho intramolecular Hbond substituents is 2. The van der Waals surface area contributed by atoms with Crippen molar-refractivity contribution in [2.75, 3.05) is 5.75 Å². The number of nitrogens with zero attached hydrogens (tertiary/aromatic N) is 2. The summed E-state index contributed by atoms with van der Waals surface area (Å²) in [5.74, 6) is -0.782. The van der Waals surface area contributed by atoms with Crippen molar-refractivity contribution in [3.05, 3.63) is 87.7 Å². The largest absolute Gasteiger partial charge is 0.508 e. The molecule has 1 heterocycles. The van der Waals surface area contributed by atoms with Gasteiger partial charge >= 0.3 is 0 Å². The maximum absolute atomic E-state index is 13.3. The van der Waals surface area contributed by atoms with Crippen molar-refractivity contribution in [2.45, 2.75) is 19.0 Å². The zero-order chi connectivity index (χ0) is 22.1. The van der Waals surface area contributed by atoms with Crippen LogP contribution in [-0.4, -0.2) is 31.3 Å². The molecule has 156 valence electrons. The number of carbonyl (C=O) groups is 1. The molecule has 6 nitrogen and oxygen atoms in total. The molecule has 0 spiro atoms. The number of phenols is 2. The molecule has 0 fully saturated rings. The number of rotatable bonds is 5. The number of hydrogen-bond donors (Lipinski definition) is 2. The molecule has 0 unspecified atom stereocenters. The van der Waals surface area contributed by atoms with Gasteiger partial charge in [-0.25, -0.2) is 4.98 Å². The molecular weight excluding hydrogens is 412 g/mol. The highest BCUT2D eigenvalue weighted by Gasteiger charge is 2.17. The van der Waals surface area contributed by atoms with Gasteiger partial charge in [-0.2, -0.15) is 0 Å². The molecule has 0 amide bonds. The molecule has 7 heteroatoms. The van der Waals surface area contributed by atoms with Crippen molar-refractivity contribution in [1.82, 2.24) is 9.55 Å². The molecule has 31 heavy (non-hydrogen) atoms. The normalized spacial score (nSPS) is 11.0. The summed E-state index contributed by atoms with van der Waals surface area (Å²) in [6, 6.07) is 16.8. The van der Waals surface area contributed by atoms with E-state index in [9.17, 15) is 19.8 Å². The van der Waals surface area contributed by atoms with Crippen molar-refractivity contribution in [1.29, 1.82) is 0 Å². The summed E-state index contributed by atoms with van der Waals surface area (Å²) in [5.41, 5.74) is 3.15. The zero-order valence-electron chi connectivity index (χ0n) is 17.0. The van der Waals surface area contributed by atoms with Gasteiger partial charge in [0.25, 0.3) is 5.56 Å². The van der Waals surface area contributed by atoms with Gasteiger partial charge in [0, 0.05) is 6.07 Å². The Labute approximate surface area is 182 Å². The fourth-order valence-corrected chi connectivity index (χ4v) is 4.38. The minimum atomic E-state index is -0.336. The van der Waals surface area contributed by atoms with Crippen LogP contribution in [0.3, 0.4) is 0 Å². The van der Waals surface area contributed by atoms with Crippen molar-refractivity contribution < 1.29 is 15.0 Å². The second-order valence-electron chi connectivity index (χ2n) is 7.31. The lowest BCUT2D eigenvalue weighted by Crippen LogP contribution is -2.22. The number of ketones is 1. The smallest absolute Gasteiger partial charge is 0.266 e. The van der Waals surface area contributed by atoms with Gasteiger partial charge in [0.1, 0.15) is 11.5 Å². The average Bonchev–Trinajstić information content (AvgIpc) is 2.71. The molecule has 0 bridgehead atoms. The number of carbonyl (C=O) groups excluding carboxylic acids is 1. The Kier molecular flexibility index (Phi) is 5.52. The van der Waals surface area contributed by atoms with Gasteiger partial charge in [-0.3, -0.25) is 14.2 Å². The lowest BCUT2D eigenvalue weighted by Gasteiger charge is -2.14. The third-order valence-corrected chi connectivity index (χ3v) is 5.76. The Morgan fingerprint density at radius 1 is 1.00 bits per heavy atom. The Bertz CT molecular complexity index is 1360. The number of aryl methyl sites for hydroxylation is 2. The first-order chi connectivity index (χ1) is 14.8. The minimum Gasteiger partial charge on any atom is -0.508 e. The molecule has 0 atom stereocenters. The van der Waals surface area contributed by atoms with E-state index in [1.807, 2.05) is 38.1 Å². The van der Waals surface area contributed by atoms with Crippen LogP contribution < -0.4 is 5.56 Å². The molecule has 3 aromatic carbocycles. The van der Waals surface area contributed by atoms with Crippen molar-refractivity contribution in [2.24, 2.45) is 0 Å². The van der Waals surface area contributed by atoms with Crippen LogP contribution in [-0.2, 0) is 0 Å². The summed E-state index contributed by atoms with van der Waals surface area (Å²) in [6.07, 6.45) is 0. The van der Waals surface area contributed by atoms with Crippen LogP contribution in [0, 0.1) is 13.8 Å². The van der Waals surface area contributed by atoms with Crippen LogP contribution in [0.4, 0.5) is 0 Å². The Morgan fingerprint density at radius 3 is 2.42 bits per heavy atom. The van der Waals surface area contributed by atoms with E-state index in [2.05, 4.69) is 4.98 Å². The van der Waals surface area contributed by atoms with Crippen LogP contribution in [0.25, 0.3) is 16.6 Å². The molecular formula is C24H20N2O4S. The van der Waals surface area contributed by atoms with E-state index in [0.29, 0.717) is 21.7 Å². The highest BCUT2D eigenvalue weighted by atomic mass is 32.2. The average molecular weight is 433 g/mol. The van der Waals surface area contributed by atoms with Crippen molar-refractivity contribution >= 4 is 28.4 Å². The highest BCUT2D eigenvalue weighted by molar-refractivity contribution is 7.99. The second-order valence-corrected chi connectivity index (χ2v) is 8.25. The monoisotopic (exact) mass is 432 g/mol. The molecule has 0 aliphatic heterocycles. The first kappa shape index (κ1) is 20.7. The number of thioether (sulfide) groups is 1. The highest BCUT2D eigenvalue weighted by Crippen LogP contribution is 2.27. The van der Waals surface area contributed by atoms with E-state index in [-0.39, 0.29) is 34.2 Å². The SMILES string of the molecule is Cc1cc(C)cc(-n2c(SCC(=O)c3ccc(O)cc3O)nc3ccccc3c2=O)c1. The van der Waals surface area contributed by atoms with Crippen LogP contribution in [0.15, 0.2) is 70.6 Å². The number of para-hydroxylation sites is 1. The van der Waals surface area contributed by atoms with Gasteiger partial charge < -0.3 is 10.2 Å². The lowest BCUT2D eigenvalue weighted by molar-refractivity contribution is 0.102. The lowest BCUT2D eigenvalue weighted by atomic mass is 10.1. The van der Waals surface area contributed by atoms with Gasteiger partial charge in [-0.1, -0.05) is 30.0 Å². The third-order valence-electron chi connectivity index (χ3n) is 4.82. The molecule has 4 aromatic rings. The third kappa shape index (κ3) is 4.18. The van der Waals surface area contributed by atoms with E-state index in [0.717, 1.165) is 29.0 Å². The van der Waals surface area contributed by atoms with Gasteiger partial charge in [0.2, 0.25) is 0 Å². The van der Waals surface area contributed by atoms with Gasteiger partial charge in [0.05, 0.1) is 27.9 Å². The standard InChI is InChI=1S/C24H20N2O4S/c1-14-9-15(2)11-16(10-14)26-23(30)18-5-3-4-6-20(18)25-24(26)31-13-22(29)19-8-7-17(27)12-21(19)28/h3-12,27-28H,13H2,1-2H3. The molecule has 1 aromatic heterocycles. The second kappa shape index (κ2) is 8.28. The number of fused-ring (bicyclic) bond motifs is 1. The minimum absolute atomic E-state index is 0.0338. The van der Waals surface area contributed by atoms with Crippen molar-refractivity contribution in [3.8, 4) is 17.2 Å². The molecule has 0 aliphatic rings. The van der Waals surface area contributed by atoms with E-state index >= 15 is 0 Å². The predicted molar refractivity (Wildman–Crippen MR) is 122 cm³/mol. The van der Waals surface area contributed by atoms with Crippen molar-refractivity contribution in [3.63, 3.8) is 0 Å². The maximum atomic E-state index is 13.3. The molecule has 0 saturated carbocycles. The summed E-state index contributed by atoms with van der Waals surface area (Å²) in [7, 11) is 0. The maximum Gasteiger partial charge on any atom is 0.266 e. The predicted octanol–water partition coefficient (Wildman–Crippen LogP) is 4.39. The van der Waals surface area contributed by atoms with Crippen LogP contribution >= 0.6 is 11.8 Å². The Hall–Kier alpha value is -3.58. The van der Waals surface area contributed by atoms with Crippen LogP contribution in [0.1, 0.15) is 21.5 Å². The first-order valence-electron chi connectivity index (χ1n) is 9.62. The molecule has 0 saturated heterocycles.